The van der Waals surface area contributed by atoms with Gasteiger partial charge in [-0.3, -0.25) is 37.3 Å². The van der Waals surface area contributed by atoms with Crippen molar-refractivity contribution >= 4 is 39.5 Å². The number of carbonyl (C=O) groups is 4. The molecule has 0 amide bonds. The number of hydrogen-bond donors (Lipinski definition) is 3. The summed E-state index contributed by atoms with van der Waals surface area (Å²) in [5, 5.41) is 10.6. The lowest BCUT2D eigenvalue weighted by molar-refractivity contribution is -0.161. The summed E-state index contributed by atoms with van der Waals surface area (Å²) < 4.78 is 68.5. The van der Waals surface area contributed by atoms with Crippen LogP contribution in [0.4, 0.5) is 0 Å². The molecular weight excluding hydrogens is 1250 g/mol. The average molecular weight is 1400 g/mol. The Morgan fingerprint density at radius 3 is 0.653 bits per heavy atom. The van der Waals surface area contributed by atoms with E-state index in [9.17, 15) is 43.2 Å². The molecule has 0 bridgehead atoms. The van der Waals surface area contributed by atoms with Crippen LogP contribution in [0.5, 0.6) is 0 Å². The predicted molar refractivity (Wildman–Crippen MR) is 386 cm³/mol. The number of phosphoric ester groups is 2. The lowest BCUT2D eigenvalue weighted by atomic mass is 10.0. The molecule has 0 aliphatic rings. The van der Waals surface area contributed by atoms with Crippen molar-refractivity contribution in [1.29, 1.82) is 0 Å². The van der Waals surface area contributed by atoms with Crippen LogP contribution in [-0.2, 0) is 65.4 Å². The Bertz CT molecular complexity index is 1870. The Kier molecular flexibility index (Phi) is 64.0. The fourth-order valence-corrected chi connectivity index (χ4v) is 13.1. The minimum atomic E-state index is -4.96. The van der Waals surface area contributed by atoms with Crippen molar-refractivity contribution in [3.63, 3.8) is 0 Å². The van der Waals surface area contributed by atoms with Gasteiger partial charge in [-0.1, -0.05) is 331 Å². The third-order valence-electron chi connectivity index (χ3n) is 17.6. The molecule has 0 aromatic heterocycles. The molecule has 3 unspecified atom stereocenters. The van der Waals surface area contributed by atoms with E-state index >= 15 is 0 Å². The first kappa shape index (κ1) is 93.1. The zero-order chi connectivity index (χ0) is 70.3. The Morgan fingerprint density at radius 1 is 0.263 bits per heavy atom. The highest BCUT2D eigenvalue weighted by atomic mass is 31.2. The maximum atomic E-state index is 13.1. The third kappa shape index (κ3) is 70.3. The van der Waals surface area contributed by atoms with Crippen LogP contribution in [0.15, 0.2) is 0 Å². The van der Waals surface area contributed by atoms with Gasteiger partial charge in [0, 0.05) is 25.7 Å². The Hall–Kier alpha value is -1.94. The molecule has 95 heavy (non-hydrogen) atoms. The molecule has 0 radical (unpaired) electrons. The molecule has 0 saturated carbocycles. The van der Waals surface area contributed by atoms with Gasteiger partial charge in [0.2, 0.25) is 0 Å². The van der Waals surface area contributed by atoms with E-state index in [1.807, 2.05) is 0 Å². The molecule has 0 rings (SSSR count). The largest absolute Gasteiger partial charge is 0.472 e. The van der Waals surface area contributed by atoms with E-state index in [1.54, 1.807) is 0 Å². The molecule has 0 aliphatic heterocycles. The summed E-state index contributed by atoms with van der Waals surface area (Å²) in [5.41, 5.74) is 0. The second-order valence-electron chi connectivity index (χ2n) is 29.3. The lowest BCUT2D eigenvalue weighted by Crippen LogP contribution is -2.30. The van der Waals surface area contributed by atoms with Crippen molar-refractivity contribution < 1.29 is 80.2 Å². The van der Waals surface area contributed by atoms with Crippen LogP contribution in [0.25, 0.3) is 0 Å². The van der Waals surface area contributed by atoms with Gasteiger partial charge in [-0.2, -0.15) is 0 Å². The van der Waals surface area contributed by atoms with Crippen LogP contribution in [0.1, 0.15) is 383 Å². The molecule has 0 aromatic rings. The van der Waals surface area contributed by atoms with E-state index in [1.165, 1.54) is 186 Å². The van der Waals surface area contributed by atoms with Crippen molar-refractivity contribution in [1.82, 2.24) is 0 Å². The van der Waals surface area contributed by atoms with Crippen LogP contribution < -0.4 is 0 Å². The number of ether oxygens (including phenoxy) is 4. The molecule has 0 heterocycles. The monoisotopic (exact) mass is 1400 g/mol. The summed E-state index contributed by atoms with van der Waals surface area (Å²) >= 11 is 0. The summed E-state index contributed by atoms with van der Waals surface area (Å²) in [6, 6.07) is 0. The Balaban J connectivity index is 5.23. The molecule has 5 atom stereocenters. The molecule has 0 fully saturated rings. The zero-order valence-corrected chi connectivity index (χ0v) is 64.1. The van der Waals surface area contributed by atoms with Crippen molar-refractivity contribution in [2.75, 3.05) is 39.6 Å². The minimum absolute atomic E-state index is 0.103. The highest BCUT2D eigenvalue weighted by molar-refractivity contribution is 7.47. The predicted octanol–water partition coefficient (Wildman–Crippen LogP) is 22.0. The van der Waals surface area contributed by atoms with Crippen LogP contribution in [0.2, 0.25) is 0 Å². The maximum Gasteiger partial charge on any atom is 0.472 e. The maximum absolute atomic E-state index is 13.1. The van der Waals surface area contributed by atoms with Gasteiger partial charge in [0.05, 0.1) is 26.4 Å². The van der Waals surface area contributed by atoms with Crippen molar-refractivity contribution in [3.8, 4) is 0 Å². The summed E-state index contributed by atoms with van der Waals surface area (Å²) in [5.74, 6) is 0.893. The van der Waals surface area contributed by atoms with E-state index < -0.39 is 97.5 Å². The van der Waals surface area contributed by atoms with Crippen molar-refractivity contribution in [2.24, 2.45) is 23.7 Å². The first-order valence-electron chi connectivity index (χ1n) is 39.2. The van der Waals surface area contributed by atoms with Crippen LogP contribution in [0.3, 0.4) is 0 Å². The van der Waals surface area contributed by atoms with Crippen LogP contribution in [-0.4, -0.2) is 96.7 Å². The molecule has 3 N–H and O–H groups in total. The van der Waals surface area contributed by atoms with Gasteiger partial charge < -0.3 is 33.8 Å². The number of rotatable bonds is 73. The van der Waals surface area contributed by atoms with E-state index in [-0.39, 0.29) is 25.7 Å². The fourth-order valence-electron chi connectivity index (χ4n) is 11.6. The van der Waals surface area contributed by atoms with Gasteiger partial charge >= 0.3 is 39.5 Å². The van der Waals surface area contributed by atoms with Gasteiger partial charge in [-0.05, 0) is 49.4 Å². The highest BCUT2D eigenvalue weighted by Crippen LogP contribution is 2.45. The van der Waals surface area contributed by atoms with Gasteiger partial charge in [-0.15, -0.1) is 0 Å². The molecule has 564 valence electrons. The normalized spacial score (nSPS) is 14.1. The number of hydrogen-bond acceptors (Lipinski definition) is 15. The first-order valence-corrected chi connectivity index (χ1v) is 42.2. The number of esters is 4. The summed E-state index contributed by atoms with van der Waals surface area (Å²) in [6.45, 7) is 14.1. The average Bonchev–Trinajstić information content (AvgIpc) is 1.43. The van der Waals surface area contributed by atoms with E-state index in [0.717, 1.165) is 108 Å². The summed E-state index contributed by atoms with van der Waals surface area (Å²) in [4.78, 5) is 72.8. The topological polar surface area (TPSA) is 237 Å². The van der Waals surface area contributed by atoms with Crippen LogP contribution in [0, 0.1) is 23.7 Å². The Morgan fingerprint density at radius 2 is 0.442 bits per heavy atom. The SMILES string of the molecule is CC(C)CCCCCCCCCCCCCCCCCC(=O)O[C@H](COC(=O)CCCCCCCCCCCCCCCC(C)C)COP(=O)(O)OCC(O)COP(=O)(O)OC[C@@H](COC(=O)CCCCCCCCCCC(C)C)OC(=O)CCCCCCCCCC(C)C. The number of aliphatic hydroxyl groups is 1. The number of phosphoric acid groups is 2. The van der Waals surface area contributed by atoms with E-state index in [0.29, 0.717) is 31.6 Å². The van der Waals surface area contributed by atoms with Gasteiger partial charge in [0.15, 0.2) is 12.2 Å². The quantitative estimate of drug-likeness (QED) is 0.0222. The van der Waals surface area contributed by atoms with Crippen molar-refractivity contribution in [2.45, 2.75) is 401 Å². The highest BCUT2D eigenvalue weighted by Gasteiger charge is 2.30. The standard InChI is InChI=1S/C76H148O17P2/c1-66(2)52-44-36-28-21-17-13-10-9-11-15-20-24-34-42-50-58-75(80)92-71(62-86-73(78)56-48-40-32-23-19-16-12-14-18-22-29-37-45-53-67(3)4)64-90-94(82,83)88-60-70(77)61-89-95(84,85)91-65-72(93-76(81)59-51-43-35-27-31-39-47-55-69(7)8)63-87-74(79)57-49-41-33-26-25-30-38-46-54-68(5)6/h66-72,77H,9-65H2,1-8H3,(H,82,83)(H,84,85)/t70?,71-,72-/m1/s1. The van der Waals surface area contributed by atoms with Gasteiger partial charge in [0.1, 0.15) is 19.3 Å². The molecular formula is C76H148O17P2. The molecule has 0 saturated heterocycles. The molecule has 17 nitrogen and oxygen atoms in total. The fraction of sp³-hybridized carbons (Fsp3) is 0.947. The minimum Gasteiger partial charge on any atom is -0.462 e. The smallest absolute Gasteiger partial charge is 0.462 e. The number of aliphatic hydroxyl groups excluding tert-OH is 1. The van der Waals surface area contributed by atoms with Crippen molar-refractivity contribution in [3.05, 3.63) is 0 Å². The second kappa shape index (κ2) is 65.4. The van der Waals surface area contributed by atoms with E-state index in [2.05, 4.69) is 55.4 Å². The van der Waals surface area contributed by atoms with Gasteiger partial charge in [-0.25, -0.2) is 9.13 Å². The molecule has 0 aliphatic carbocycles. The molecule has 0 spiro atoms. The lowest BCUT2D eigenvalue weighted by Gasteiger charge is -2.21. The van der Waals surface area contributed by atoms with Gasteiger partial charge in [0.25, 0.3) is 0 Å². The molecule has 19 heteroatoms. The second-order valence-corrected chi connectivity index (χ2v) is 32.2. The van der Waals surface area contributed by atoms with E-state index in [4.69, 9.17) is 37.0 Å². The molecule has 0 aromatic carbocycles. The summed E-state index contributed by atoms with van der Waals surface area (Å²) in [6.07, 6.45) is 50.1. The van der Waals surface area contributed by atoms with Crippen LogP contribution >= 0.6 is 15.6 Å². The number of unbranched alkanes of at least 4 members (excludes halogenated alkanes) is 39. The summed E-state index contributed by atoms with van der Waals surface area (Å²) in [7, 11) is -9.91. The Labute approximate surface area is 581 Å². The third-order valence-corrected chi connectivity index (χ3v) is 19.5. The first-order chi connectivity index (χ1) is 45.6. The number of carbonyl (C=O) groups excluding carboxylic acids is 4. The zero-order valence-electron chi connectivity index (χ0n) is 62.3.